The van der Waals surface area contributed by atoms with Crippen LogP contribution < -0.4 is 9.47 Å². The van der Waals surface area contributed by atoms with Crippen molar-refractivity contribution in [1.29, 1.82) is 0 Å². The Morgan fingerprint density at radius 2 is 1.50 bits per heavy atom. The summed E-state index contributed by atoms with van der Waals surface area (Å²) in [4.78, 5) is 30.2. The summed E-state index contributed by atoms with van der Waals surface area (Å²) in [5.74, 6) is 0.715. The predicted octanol–water partition coefficient (Wildman–Crippen LogP) is 3.89. The molecule has 7 heteroatoms. The van der Waals surface area contributed by atoms with Crippen LogP contribution in [0, 0.1) is 5.92 Å². The number of rotatable bonds is 10. The molecule has 3 rings (SSSR count). The number of likely N-dealkylation sites (tertiary alicyclic amines) is 1. The molecule has 2 aromatic carbocycles. The lowest BCUT2D eigenvalue weighted by Crippen LogP contribution is -2.39. The quantitative estimate of drug-likeness (QED) is 0.493. The molecule has 1 aliphatic heterocycles. The highest BCUT2D eigenvalue weighted by molar-refractivity contribution is 5.79. The summed E-state index contributed by atoms with van der Waals surface area (Å²) < 4.78 is 16.2. The van der Waals surface area contributed by atoms with Gasteiger partial charge in [0.1, 0.15) is 11.5 Å². The Hall–Kier alpha value is -3.06. The van der Waals surface area contributed by atoms with Crippen molar-refractivity contribution in [3.8, 4) is 11.5 Å². The third-order valence-corrected chi connectivity index (χ3v) is 6.48. The number of hydrogen-bond donors (Lipinski definition) is 0. The topological polar surface area (TPSA) is 68.3 Å². The molecular weight excluding hydrogens is 432 g/mol. The lowest BCUT2D eigenvalue weighted by molar-refractivity contribution is -0.149. The second kappa shape index (κ2) is 11.9. The fraction of sp³-hybridized carbons (Fsp3) is 0.481. The van der Waals surface area contributed by atoms with Crippen LogP contribution in [0.5, 0.6) is 11.5 Å². The van der Waals surface area contributed by atoms with E-state index in [1.807, 2.05) is 62.5 Å². The Labute approximate surface area is 202 Å². The molecule has 1 aliphatic rings. The average Bonchev–Trinajstić information content (AvgIpc) is 3.23. The van der Waals surface area contributed by atoms with Gasteiger partial charge in [-0.2, -0.15) is 0 Å². The van der Waals surface area contributed by atoms with Gasteiger partial charge >= 0.3 is 5.97 Å². The molecule has 2 aromatic rings. The van der Waals surface area contributed by atoms with Crippen LogP contribution in [-0.2, 0) is 14.3 Å². The van der Waals surface area contributed by atoms with Gasteiger partial charge in [-0.25, -0.2) is 0 Å². The van der Waals surface area contributed by atoms with E-state index in [1.54, 1.807) is 19.1 Å². The summed E-state index contributed by atoms with van der Waals surface area (Å²) in [5.41, 5.74) is 1.98. The van der Waals surface area contributed by atoms with E-state index in [4.69, 9.17) is 14.2 Å². The minimum atomic E-state index is -0.453. The Morgan fingerprint density at radius 3 is 2.00 bits per heavy atom. The summed E-state index contributed by atoms with van der Waals surface area (Å²) >= 11 is 0. The zero-order valence-corrected chi connectivity index (χ0v) is 20.8. The van der Waals surface area contributed by atoms with Crippen molar-refractivity contribution in [2.45, 2.75) is 32.2 Å². The van der Waals surface area contributed by atoms with Crippen LogP contribution in [0.15, 0.2) is 48.5 Å². The predicted molar refractivity (Wildman–Crippen MR) is 131 cm³/mol. The maximum atomic E-state index is 13.3. The second-order valence-corrected chi connectivity index (χ2v) is 8.62. The lowest BCUT2D eigenvalue weighted by atomic mass is 9.82. The molecule has 1 fully saturated rings. The van der Waals surface area contributed by atoms with Gasteiger partial charge in [-0.15, -0.1) is 0 Å². The van der Waals surface area contributed by atoms with Crippen molar-refractivity contribution in [3.63, 3.8) is 0 Å². The van der Waals surface area contributed by atoms with Gasteiger partial charge in [-0.3, -0.25) is 14.5 Å². The number of nitrogens with zero attached hydrogens (tertiary/aromatic N) is 2. The Kier molecular flexibility index (Phi) is 8.93. The maximum Gasteiger partial charge on any atom is 0.311 e. The summed E-state index contributed by atoms with van der Waals surface area (Å²) in [6, 6.07) is 15.2. The van der Waals surface area contributed by atoms with Gasteiger partial charge in [0.15, 0.2) is 0 Å². The molecule has 34 heavy (non-hydrogen) atoms. The highest BCUT2D eigenvalue weighted by atomic mass is 16.5. The third-order valence-electron chi connectivity index (χ3n) is 6.48. The SMILES string of the molecule is CCCN(C)C(=O)CN1C[C@H](c2ccc(OC)cc2)[C@@H](C(=O)OCC)[C@@H]1c1ccc(OC)cc1. The van der Waals surface area contributed by atoms with E-state index in [0.29, 0.717) is 19.7 Å². The van der Waals surface area contributed by atoms with Crippen LogP contribution in [0.25, 0.3) is 0 Å². The monoisotopic (exact) mass is 468 g/mol. The molecule has 0 saturated carbocycles. The summed E-state index contributed by atoms with van der Waals surface area (Å²) in [6.07, 6.45) is 0.893. The molecular formula is C27H36N2O5. The molecule has 3 atom stereocenters. The lowest BCUT2D eigenvalue weighted by Gasteiger charge is -2.29. The van der Waals surface area contributed by atoms with Gasteiger partial charge in [-0.05, 0) is 48.7 Å². The number of hydrogen-bond acceptors (Lipinski definition) is 6. The van der Waals surface area contributed by atoms with Gasteiger partial charge in [0.05, 0.1) is 33.3 Å². The fourth-order valence-electron chi connectivity index (χ4n) is 4.76. The molecule has 1 saturated heterocycles. The fourth-order valence-corrected chi connectivity index (χ4v) is 4.76. The van der Waals surface area contributed by atoms with E-state index in [0.717, 1.165) is 29.0 Å². The van der Waals surface area contributed by atoms with E-state index < -0.39 is 5.92 Å². The van der Waals surface area contributed by atoms with Crippen LogP contribution >= 0.6 is 0 Å². The van der Waals surface area contributed by atoms with Gasteiger partial charge in [0.25, 0.3) is 0 Å². The number of carbonyl (C=O) groups is 2. The average molecular weight is 469 g/mol. The van der Waals surface area contributed by atoms with Crippen LogP contribution in [-0.4, -0.2) is 69.2 Å². The normalized spacial score (nSPS) is 20.1. The molecule has 0 aliphatic carbocycles. The Balaban J connectivity index is 2.03. The summed E-state index contributed by atoms with van der Waals surface area (Å²) in [5, 5.41) is 0. The first-order valence-corrected chi connectivity index (χ1v) is 11.9. The number of ether oxygens (including phenoxy) is 3. The summed E-state index contributed by atoms with van der Waals surface area (Å²) in [7, 11) is 5.08. The largest absolute Gasteiger partial charge is 0.497 e. The van der Waals surface area contributed by atoms with Crippen molar-refractivity contribution in [3.05, 3.63) is 59.7 Å². The molecule has 1 heterocycles. The molecule has 0 spiro atoms. The van der Waals surface area contributed by atoms with E-state index in [-0.39, 0.29) is 30.4 Å². The van der Waals surface area contributed by atoms with Gasteiger partial charge in [0, 0.05) is 32.1 Å². The van der Waals surface area contributed by atoms with Crippen molar-refractivity contribution in [2.24, 2.45) is 5.92 Å². The maximum absolute atomic E-state index is 13.3. The first-order valence-electron chi connectivity index (χ1n) is 11.9. The first kappa shape index (κ1) is 25.6. The number of benzene rings is 2. The van der Waals surface area contributed by atoms with Crippen LogP contribution in [0.4, 0.5) is 0 Å². The van der Waals surface area contributed by atoms with Gasteiger partial charge in [0.2, 0.25) is 5.91 Å². The van der Waals surface area contributed by atoms with Gasteiger partial charge < -0.3 is 19.1 Å². The molecule has 0 bridgehead atoms. The first-order chi connectivity index (χ1) is 16.4. The minimum Gasteiger partial charge on any atom is -0.497 e. The molecule has 0 radical (unpaired) electrons. The molecule has 0 N–H and O–H groups in total. The third kappa shape index (κ3) is 5.70. The molecule has 7 nitrogen and oxygen atoms in total. The van der Waals surface area contributed by atoms with Gasteiger partial charge in [-0.1, -0.05) is 31.2 Å². The van der Waals surface area contributed by atoms with Crippen molar-refractivity contribution in [2.75, 3.05) is 47.5 Å². The number of carbonyl (C=O) groups excluding carboxylic acids is 2. The number of likely N-dealkylation sites (N-methyl/N-ethyl adjacent to an activating group) is 1. The van der Waals surface area contributed by atoms with Crippen molar-refractivity contribution in [1.82, 2.24) is 9.80 Å². The second-order valence-electron chi connectivity index (χ2n) is 8.62. The Bertz CT molecular complexity index is 944. The zero-order valence-electron chi connectivity index (χ0n) is 20.8. The number of esters is 1. The van der Waals surface area contributed by atoms with E-state index >= 15 is 0 Å². The van der Waals surface area contributed by atoms with E-state index in [9.17, 15) is 9.59 Å². The van der Waals surface area contributed by atoms with Crippen molar-refractivity contribution < 1.29 is 23.8 Å². The standard InChI is InChI=1S/C27H36N2O5/c1-6-16-28(3)24(30)18-29-17-23(19-8-12-21(32-4)13-9-19)25(27(31)34-7-2)26(29)20-10-14-22(33-5)15-11-20/h8-15,23,25-26H,6-7,16-18H2,1-5H3/t23-,25-,26+/m1/s1. The summed E-state index contributed by atoms with van der Waals surface area (Å²) in [6.45, 7) is 5.67. The molecule has 0 unspecified atom stereocenters. The Morgan fingerprint density at radius 1 is 0.941 bits per heavy atom. The zero-order chi connectivity index (χ0) is 24.7. The highest BCUT2D eigenvalue weighted by Gasteiger charge is 2.48. The van der Waals surface area contributed by atoms with Crippen molar-refractivity contribution >= 4 is 11.9 Å². The number of methoxy groups -OCH3 is 2. The van der Waals surface area contributed by atoms with E-state index in [2.05, 4.69) is 11.8 Å². The molecule has 1 amide bonds. The van der Waals surface area contributed by atoms with Crippen LogP contribution in [0.2, 0.25) is 0 Å². The number of amides is 1. The van der Waals surface area contributed by atoms with Crippen LogP contribution in [0.3, 0.4) is 0 Å². The molecule has 184 valence electrons. The van der Waals surface area contributed by atoms with Crippen LogP contribution in [0.1, 0.15) is 43.4 Å². The highest BCUT2D eigenvalue weighted by Crippen LogP contribution is 2.46. The molecule has 0 aromatic heterocycles. The van der Waals surface area contributed by atoms with E-state index in [1.165, 1.54) is 0 Å². The smallest absolute Gasteiger partial charge is 0.311 e. The minimum absolute atomic E-state index is 0.0401.